The molecule has 27 heavy (non-hydrogen) atoms. The number of carbonyl (C=O) groups excluding carboxylic acids is 2. The quantitative estimate of drug-likeness (QED) is 0.447. The van der Waals surface area contributed by atoms with Gasteiger partial charge in [-0.15, -0.1) is 0 Å². The molecule has 2 N–H and O–H groups in total. The van der Waals surface area contributed by atoms with E-state index in [0.717, 1.165) is 25.7 Å². The highest BCUT2D eigenvalue weighted by atomic mass is 16.6. The molecule has 0 aromatic heterocycles. The number of nitro groups is 1. The summed E-state index contributed by atoms with van der Waals surface area (Å²) in [6.07, 6.45) is 5.06. The Bertz CT molecular complexity index is 700. The molecule has 1 aromatic rings. The lowest BCUT2D eigenvalue weighted by molar-refractivity contribution is -0.384. The molecule has 8 heteroatoms. The van der Waals surface area contributed by atoms with Gasteiger partial charge in [0.15, 0.2) is 12.0 Å². The van der Waals surface area contributed by atoms with Crippen molar-refractivity contribution in [2.24, 2.45) is 0 Å². The van der Waals surface area contributed by atoms with Crippen molar-refractivity contribution in [3.05, 3.63) is 39.9 Å². The minimum atomic E-state index is -1.36. The fourth-order valence-electron chi connectivity index (χ4n) is 3.98. The maximum Gasteiger partial charge on any atom is 0.269 e. The van der Waals surface area contributed by atoms with E-state index in [1.807, 2.05) is 0 Å². The zero-order chi connectivity index (χ0) is 19.4. The predicted molar refractivity (Wildman–Crippen MR) is 98.2 cm³/mol. The minimum Gasteiger partial charge on any atom is -0.370 e. The van der Waals surface area contributed by atoms with Crippen LogP contribution in [0.1, 0.15) is 55.3 Å². The summed E-state index contributed by atoms with van der Waals surface area (Å²) in [5, 5.41) is 24.2. The molecule has 1 aromatic carbocycles. The molecule has 0 bridgehead atoms. The van der Waals surface area contributed by atoms with Crippen LogP contribution in [-0.2, 0) is 4.79 Å². The van der Waals surface area contributed by atoms with Crippen molar-refractivity contribution < 1.29 is 19.6 Å². The highest BCUT2D eigenvalue weighted by Crippen LogP contribution is 2.25. The second kappa shape index (κ2) is 8.58. The zero-order valence-corrected chi connectivity index (χ0v) is 15.2. The standard InChI is InChI=1S/C19H25N3O5/c23-17(13-8-10-15(11-9-13)22(26)27)16-7-4-12-21(16)19(25)18(24)20-14-5-2-1-3-6-14/h8-11,14,16,19,25H,1-7,12H2,(H,20,24). The van der Waals surface area contributed by atoms with Crippen LogP contribution in [0.15, 0.2) is 24.3 Å². The van der Waals surface area contributed by atoms with Gasteiger partial charge in [0.05, 0.1) is 11.0 Å². The van der Waals surface area contributed by atoms with E-state index in [-0.39, 0.29) is 17.5 Å². The summed E-state index contributed by atoms with van der Waals surface area (Å²) in [7, 11) is 0. The van der Waals surface area contributed by atoms with Crippen molar-refractivity contribution in [3.63, 3.8) is 0 Å². The number of non-ortho nitro benzene ring substituents is 1. The highest BCUT2D eigenvalue weighted by Gasteiger charge is 2.38. The molecule has 146 valence electrons. The number of rotatable bonds is 6. The van der Waals surface area contributed by atoms with Crippen LogP contribution in [0.4, 0.5) is 5.69 Å². The molecule has 2 unspecified atom stereocenters. The summed E-state index contributed by atoms with van der Waals surface area (Å²) < 4.78 is 0. The molecule has 3 rings (SSSR count). The molecular weight excluding hydrogens is 350 g/mol. The number of aliphatic hydroxyl groups is 1. The van der Waals surface area contributed by atoms with Gasteiger partial charge >= 0.3 is 0 Å². The molecule has 1 aliphatic carbocycles. The van der Waals surface area contributed by atoms with E-state index >= 15 is 0 Å². The molecular formula is C19H25N3O5. The third kappa shape index (κ3) is 4.51. The lowest BCUT2D eigenvalue weighted by Gasteiger charge is -2.30. The average molecular weight is 375 g/mol. The number of amides is 1. The number of carbonyl (C=O) groups is 2. The zero-order valence-electron chi connectivity index (χ0n) is 15.2. The first-order valence-electron chi connectivity index (χ1n) is 9.50. The Kier molecular flexibility index (Phi) is 6.18. The molecule has 2 atom stereocenters. The van der Waals surface area contributed by atoms with Crippen molar-refractivity contribution >= 4 is 17.4 Å². The van der Waals surface area contributed by atoms with E-state index in [9.17, 15) is 24.8 Å². The average Bonchev–Trinajstić information content (AvgIpc) is 3.17. The van der Waals surface area contributed by atoms with Crippen LogP contribution in [0, 0.1) is 10.1 Å². The van der Waals surface area contributed by atoms with E-state index in [0.29, 0.717) is 24.9 Å². The molecule has 0 spiro atoms. The summed E-state index contributed by atoms with van der Waals surface area (Å²) >= 11 is 0. The lowest BCUT2D eigenvalue weighted by atomic mass is 9.95. The maximum absolute atomic E-state index is 12.8. The summed E-state index contributed by atoms with van der Waals surface area (Å²) in [5.41, 5.74) is 0.263. The fourth-order valence-corrected chi connectivity index (χ4v) is 3.98. The number of benzene rings is 1. The van der Waals surface area contributed by atoms with Gasteiger partial charge in [0, 0.05) is 30.3 Å². The van der Waals surface area contributed by atoms with Gasteiger partial charge in [-0.3, -0.25) is 24.6 Å². The fraction of sp³-hybridized carbons (Fsp3) is 0.579. The Morgan fingerprint density at radius 3 is 2.41 bits per heavy atom. The molecule has 1 saturated carbocycles. The van der Waals surface area contributed by atoms with Gasteiger partial charge in [-0.25, -0.2) is 0 Å². The number of hydrogen-bond acceptors (Lipinski definition) is 6. The topological polar surface area (TPSA) is 113 Å². The summed E-state index contributed by atoms with van der Waals surface area (Å²) in [5.74, 6) is -0.683. The van der Waals surface area contributed by atoms with Gasteiger partial charge in [-0.05, 0) is 37.8 Å². The molecule has 1 aliphatic heterocycles. The van der Waals surface area contributed by atoms with E-state index in [2.05, 4.69) is 5.32 Å². The summed E-state index contributed by atoms with van der Waals surface area (Å²) in [6.45, 7) is 0.461. The number of likely N-dealkylation sites (tertiary alicyclic amines) is 1. The monoisotopic (exact) mass is 375 g/mol. The van der Waals surface area contributed by atoms with Crippen molar-refractivity contribution in [2.45, 2.75) is 63.3 Å². The van der Waals surface area contributed by atoms with Crippen molar-refractivity contribution in [1.82, 2.24) is 10.2 Å². The highest BCUT2D eigenvalue weighted by molar-refractivity contribution is 6.00. The third-order valence-electron chi connectivity index (χ3n) is 5.46. The Labute approximate surface area is 157 Å². The molecule has 1 saturated heterocycles. The molecule has 1 heterocycles. The third-order valence-corrected chi connectivity index (χ3v) is 5.46. The molecule has 2 fully saturated rings. The van der Waals surface area contributed by atoms with Crippen LogP contribution in [-0.4, -0.2) is 51.5 Å². The number of ketones is 1. The second-order valence-electron chi connectivity index (χ2n) is 7.28. The number of Topliss-reactive ketones (excluding diaryl/α,β-unsaturated/α-hetero) is 1. The minimum absolute atomic E-state index is 0.0817. The van der Waals surface area contributed by atoms with Crippen molar-refractivity contribution in [3.8, 4) is 0 Å². The smallest absolute Gasteiger partial charge is 0.269 e. The number of hydrogen-bond donors (Lipinski definition) is 2. The summed E-state index contributed by atoms with van der Waals surface area (Å²) in [4.78, 5) is 37.0. The summed E-state index contributed by atoms with van der Waals surface area (Å²) in [6, 6.07) is 4.92. The van der Waals surface area contributed by atoms with Crippen LogP contribution in [0.3, 0.4) is 0 Å². The number of aliphatic hydroxyl groups excluding tert-OH is 1. The van der Waals surface area contributed by atoms with E-state index in [1.54, 1.807) is 0 Å². The van der Waals surface area contributed by atoms with Gasteiger partial charge in [0.25, 0.3) is 11.6 Å². The van der Waals surface area contributed by atoms with Crippen LogP contribution in [0.5, 0.6) is 0 Å². The number of nitro benzene ring substituents is 1. The van der Waals surface area contributed by atoms with E-state index < -0.39 is 23.1 Å². The number of nitrogens with one attached hydrogen (secondary N) is 1. The van der Waals surface area contributed by atoms with E-state index in [4.69, 9.17) is 0 Å². The van der Waals surface area contributed by atoms with Gasteiger partial charge in [-0.1, -0.05) is 19.3 Å². The van der Waals surface area contributed by atoms with Crippen molar-refractivity contribution in [1.29, 1.82) is 0 Å². The first-order chi connectivity index (χ1) is 13.0. The SMILES string of the molecule is O=C(NC1CCCCC1)C(O)N1CCCC1C(=O)c1ccc([N+](=O)[O-])cc1. The normalized spacial score (nSPS) is 22.3. The van der Waals surface area contributed by atoms with Gasteiger partial charge in [-0.2, -0.15) is 0 Å². The van der Waals surface area contributed by atoms with Crippen LogP contribution in [0.25, 0.3) is 0 Å². The maximum atomic E-state index is 12.8. The Morgan fingerprint density at radius 2 is 1.78 bits per heavy atom. The molecule has 0 radical (unpaired) electrons. The number of nitrogens with zero attached hydrogens (tertiary/aromatic N) is 2. The van der Waals surface area contributed by atoms with Gasteiger partial charge < -0.3 is 10.4 Å². The predicted octanol–water partition coefficient (Wildman–Crippen LogP) is 2.01. The van der Waals surface area contributed by atoms with Gasteiger partial charge in [0.1, 0.15) is 0 Å². The van der Waals surface area contributed by atoms with Crippen LogP contribution in [0.2, 0.25) is 0 Å². The first kappa shape index (κ1) is 19.4. The molecule has 2 aliphatic rings. The van der Waals surface area contributed by atoms with Crippen molar-refractivity contribution in [2.75, 3.05) is 6.54 Å². The Balaban J connectivity index is 1.65. The Hall–Kier alpha value is -2.32. The molecule has 1 amide bonds. The second-order valence-corrected chi connectivity index (χ2v) is 7.28. The van der Waals surface area contributed by atoms with Gasteiger partial charge in [0.2, 0.25) is 0 Å². The first-order valence-corrected chi connectivity index (χ1v) is 9.50. The Morgan fingerprint density at radius 1 is 1.11 bits per heavy atom. The van der Waals surface area contributed by atoms with E-state index in [1.165, 1.54) is 35.6 Å². The lowest BCUT2D eigenvalue weighted by Crippen LogP contribution is -2.53. The largest absolute Gasteiger partial charge is 0.370 e. The van der Waals surface area contributed by atoms with Crippen LogP contribution >= 0.6 is 0 Å². The molecule has 8 nitrogen and oxygen atoms in total. The van der Waals surface area contributed by atoms with Crippen LogP contribution < -0.4 is 5.32 Å².